The van der Waals surface area contributed by atoms with Crippen molar-refractivity contribution in [1.29, 1.82) is 0 Å². The summed E-state index contributed by atoms with van der Waals surface area (Å²) in [6.45, 7) is 0.376. The van der Waals surface area contributed by atoms with Gasteiger partial charge in [0.15, 0.2) is 0 Å². The Bertz CT molecular complexity index is 596. The Morgan fingerprint density at radius 2 is 2.05 bits per heavy atom. The maximum Gasteiger partial charge on any atom is 0.128 e. The predicted molar refractivity (Wildman–Crippen MR) is 77.3 cm³/mol. The molecule has 0 aliphatic rings. The Morgan fingerprint density at radius 1 is 1.32 bits per heavy atom. The van der Waals surface area contributed by atoms with Crippen LogP contribution in [-0.2, 0) is 13.6 Å². The summed E-state index contributed by atoms with van der Waals surface area (Å²) < 4.78 is 13.3. The molecule has 0 aliphatic heterocycles. The van der Waals surface area contributed by atoms with E-state index >= 15 is 0 Å². The molecule has 102 valence electrons. The minimum Gasteiger partial charge on any atom is -0.497 e. The van der Waals surface area contributed by atoms with Crippen LogP contribution in [0.4, 0.5) is 0 Å². The van der Waals surface area contributed by atoms with E-state index in [2.05, 4.69) is 21.0 Å². The van der Waals surface area contributed by atoms with E-state index in [0.29, 0.717) is 6.54 Å². The summed E-state index contributed by atoms with van der Waals surface area (Å²) in [5.41, 5.74) is 8.30. The summed E-state index contributed by atoms with van der Waals surface area (Å²) in [4.78, 5) is 0. The van der Waals surface area contributed by atoms with Gasteiger partial charge in [0.2, 0.25) is 0 Å². The van der Waals surface area contributed by atoms with Crippen LogP contribution in [0.2, 0.25) is 0 Å². The molecular weight excluding hydrogens is 310 g/mol. The van der Waals surface area contributed by atoms with Gasteiger partial charge in [-0.05, 0) is 34.1 Å². The predicted octanol–water partition coefficient (Wildman–Crippen LogP) is 2.33. The lowest BCUT2D eigenvalue weighted by Crippen LogP contribution is -1.99. The molecule has 0 spiro atoms. The second-order valence-electron chi connectivity index (χ2n) is 4.00. The van der Waals surface area contributed by atoms with E-state index in [0.717, 1.165) is 32.9 Å². The highest BCUT2D eigenvalue weighted by molar-refractivity contribution is 9.10. The van der Waals surface area contributed by atoms with Gasteiger partial charge in [-0.1, -0.05) is 0 Å². The molecule has 0 radical (unpaired) electrons. The number of methoxy groups -OCH3 is 2. The molecule has 1 heterocycles. The maximum atomic E-state index is 5.68. The topological polar surface area (TPSA) is 62.3 Å². The Morgan fingerprint density at radius 3 is 2.58 bits per heavy atom. The number of nitrogens with zero attached hydrogens (tertiary/aromatic N) is 2. The molecule has 19 heavy (non-hydrogen) atoms. The number of nitrogens with two attached hydrogens (primary N) is 1. The summed E-state index contributed by atoms with van der Waals surface area (Å²) in [5.74, 6) is 1.52. The largest absolute Gasteiger partial charge is 0.497 e. The minimum atomic E-state index is 0.376. The first-order chi connectivity index (χ1) is 9.12. The highest BCUT2D eigenvalue weighted by Gasteiger charge is 2.18. The number of aromatic nitrogens is 2. The molecular formula is C13H16BrN3O2. The van der Waals surface area contributed by atoms with Crippen LogP contribution in [0.3, 0.4) is 0 Å². The summed E-state index contributed by atoms with van der Waals surface area (Å²) in [7, 11) is 5.15. The fraction of sp³-hybridized carbons (Fsp3) is 0.308. The number of ether oxygens (including phenoxy) is 2. The van der Waals surface area contributed by atoms with Gasteiger partial charge in [-0.25, -0.2) is 0 Å². The smallest absolute Gasteiger partial charge is 0.128 e. The quantitative estimate of drug-likeness (QED) is 0.937. The monoisotopic (exact) mass is 325 g/mol. The molecule has 0 fully saturated rings. The van der Waals surface area contributed by atoms with Crippen LogP contribution in [0.5, 0.6) is 11.5 Å². The summed E-state index contributed by atoms with van der Waals surface area (Å²) in [5, 5.41) is 4.38. The van der Waals surface area contributed by atoms with E-state index in [4.69, 9.17) is 15.2 Å². The van der Waals surface area contributed by atoms with Gasteiger partial charge >= 0.3 is 0 Å². The van der Waals surface area contributed by atoms with Crippen LogP contribution in [-0.4, -0.2) is 24.0 Å². The fourth-order valence-corrected chi connectivity index (χ4v) is 2.69. The molecule has 1 aromatic carbocycles. The van der Waals surface area contributed by atoms with Crippen molar-refractivity contribution in [2.24, 2.45) is 12.8 Å². The minimum absolute atomic E-state index is 0.376. The molecule has 5 nitrogen and oxygen atoms in total. The second kappa shape index (κ2) is 5.63. The molecule has 0 atom stereocenters. The van der Waals surface area contributed by atoms with Crippen LogP contribution in [0.1, 0.15) is 5.69 Å². The average molecular weight is 326 g/mol. The highest BCUT2D eigenvalue weighted by atomic mass is 79.9. The van der Waals surface area contributed by atoms with E-state index in [1.165, 1.54) is 0 Å². The Kier molecular flexibility index (Phi) is 4.11. The van der Waals surface area contributed by atoms with Crippen molar-refractivity contribution in [1.82, 2.24) is 9.78 Å². The van der Waals surface area contributed by atoms with Crippen LogP contribution >= 0.6 is 15.9 Å². The first-order valence-corrected chi connectivity index (χ1v) is 6.55. The Balaban J connectivity index is 2.66. The molecule has 2 N–H and O–H groups in total. The summed E-state index contributed by atoms with van der Waals surface area (Å²) >= 11 is 3.55. The van der Waals surface area contributed by atoms with Crippen LogP contribution in [0, 0.1) is 0 Å². The number of hydrogen-bond donors (Lipinski definition) is 1. The number of halogens is 1. The molecule has 0 aliphatic carbocycles. The van der Waals surface area contributed by atoms with Crippen LogP contribution in [0.25, 0.3) is 11.3 Å². The van der Waals surface area contributed by atoms with Crippen molar-refractivity contribution in [2.45, 2.75) is 6.54 Å². The summed E-state index contributed by atoms with van der Waals surface area (Å²) in [6.07, 6.45) is 0. The van der Waals surface area contributed by atoms with Crippen molar-refractivity contribution in [3.05, 3.63) is 28.4 Å². The molecule has 1 aromatic heterocycles. The van der Waals surface area contributed by atoms with Crippen molar-refractivity contribution in [3.8, 4) is 22.8 Å². The molecule has 0 amide bonds. The Labute approximate surface area is 120 Å². The number of benzene rings is 1. The van der Waals surface area contributed by atoms with Crippen molar-refractivity contribution in [2.75, 3.05) is 14.2 Å². The molecule has 0 saturated heterocycles. The van der Waals surface area contributed by atoms with E-state index in [1.54, 1.807) is 18.9 Å². The lowest BCUT2D eigenvalue weighted by atomic mass is 10.1. The van der Waals surface area contributed by atoms with E-state index in [1.807, 2.05) is 25.2 Å². The normalized spacial score (nSPS) is 10.6. The lowest BCUT2D eigenvalue weighted by molar-refractivity contribution is 0.404. The van der Waals surface area contributed by atoms with Crippen LogP contribution < -0.4 is 15.2 Å². The van der Waals surface area contributed by atoms with Gasteiger partial charge in [-0.3, -0.25) is 4.68 Å². The third-order valence-corrected chi connectivity index (χ3v) is 3.74. The standard InChI is InChI=1S/C13H16BrN3O2/c1-17-13(12(14)10(7-15)16-17)9-6-8(18-2)4-5-11(9)19-3/h4-6H,7,15H2,1-3H3. The first kappa shape index (κ1) is 13.9. The van der Waals surface area contributed by atoms with E-state index in [-0.39, 0.29) is 0 Å². The third-order valence-electron chi connectivity index (χ3n) is 2.91. The van der Waals surface area contributed by atoms with Gasteiger partial charge in [0, 0.05) is 19.2 Å². The third kappa shape index (κ3) is 2.46. The van der Waals surface area contributed by atoms with Crippen molar-refractivity contribution < 1.29 is 9.47 Å². The van der Waals surface area contributed by atoms with Crippen LogP contribution in [0.15, 0.2) is 22.7 Å². The molecule has 2 rings (SSSR count). The van der Waals surface area contributed by atoms with Gasteiger partial charge in [0.25, 0.3) is 0 Å². The Hall–Kier alpha value is -1.53. The van der Waals surface area contributed by atoms with Crippen molar-refractivity contribution >= 4 is 15.9 Å². The molecule has 2 aromatic rings. The van der Waals surface area contributed by atoms with Gasteiger partial charge in [-0.2, -0.15) is 5.10 Å². The van der Waals surface area contributed by atoms with Gasteiger partial charge in [0.05, 0.1) is 30.1 Å². The zero-order chi connectivity index (χ0) is 14.0. The number of aryl methyl sites for hydroxylation is 1. The van der Waals surface area contributed by atoms with E-state index < -0.39 is 0 Å². The zero-order valence-corrected chi connectivity index (χ0v) is 12.7. The molecule has 6 heteroatoms. The SMILES string of the molecule is COc1ccc(OC)c(-c2c(Br)c(CN)nn2C)c1. The molecule has 0 bridgehead atoms. The second-order valence-corrected chi connectivity index (χ2v) is 4.80. The van der Waals surface area contributed by atoms with E-state index in [9.17, 15) is 0 Å². The summed E-state index contributed by atoms with van der Waals surface area (Å²) in [6, 6.07) is 5.65. The lowest BCUT2D eigenvalue weighted by Gasteiger charge is -2.11. The molecule has 0 unspecified atom stereocenters. The molecule has 0 saturated carbocycles. The zero-order valence-electron chi connectivity index (χ0n) is 11.1. The van der Waals surface area contributed by atoms with Gasteiger partial charge < -0.3 is 15.2 Å². The fourth-order valence-electron chi connectivity index (χ4n) is 1.98. The first-order valence-electron chi connectivity index (χ1n) is 5.76. The average Bonchev–Trinajstić information content (AvgIpc) is 2.72. The number of hydrogen-bond acceptors (Lipinski definition) is 4. The number of rotatable bonds is 4. The highest BCUT2D eigenvalue weighted by Crippen LogP contribution is 2.38. The van der Waals surface area contributed by atoms with Gasteiger partial charge in [-0.15, -0.1) is 0 Å². The van der Waals surface area contributed by atoms with Crippen molar-refractivity contribution in [3.63, 3.8) is 0 Å². The van der Waals surface area contributed by atoms with Gasteiger partial charge in [0.1, 0.15) is 11.5 Å². The maximum absolute atomic E-state index is 5.68.